The van der Waals surface area contributed by atoms with E-state index >= 15 is 0 Å². The van der Waals surface area contributed by atoms with Gasteiger partial charge in [0.1, 0.15) is 5.76 Å². The van der Waals surface area contributed by atoms with Crippen LogP contribution in [0.4, 0.5) is 0 Å². The number of rotatable bonds is 6. The van der Waals surface area contributed by atoms with Crippen LogP contribution in [0, 0.1) is 5.92 Å². The fraction of sp³-hybridized carbons (Fsp3) is 0.667. The second-order valence-corrected chi connectivity index (χ2v) is 3.73. The number of ether oxygens (including phenoxy) is 2. The van der Waals surface area contributed by atoms with Gasteiger partial charge in [-0.05, 0) is 37.3 Å². The number of hydrogen-bond donors (Lipinski definition) is 0. The van der Waals surface area contributed by atoms with Gasteiger partial charge in [0, 0.05) is 13.7 Å². The van der Waals surface area contributed by atoms with Gasteiger partial charge >= 0.3 is 0 Å². The minimum absolute atomic E-state index is 0.663. The third-order valence-corrected chi connectivity index (χ3v) is 2.29. The molecule has 0 aromatic rings. The van der Waals surface area contributed by atoms with E-state index in [2.05, 4.69) is 25.2 Å². The smallest absolute Gasteiger partial charge is 0.115 e. The Morgan fingerprint density at radius 2 is 2.14 bits per heavy atom. The third-order valence-electron chi connectivity index (χ3n) is 2.29. The molecule has 0 saturated carbocycles. The highest BCUT2D eigenvalue weighted by molar-refractivity contribution is 5.17. The van der Waals surface area contributed by atoms with Gasteiger partial charge < -0.3 is 9.47 Å². The summed E-state index contributed by atoms with van der Waals surface area (Å²) >= 11 is 0. The maximum Gasteiger partial charge on any atom is 0.115 e. The minimum Gasteiger partial charge on any atom is -0.494 e. The molecule has 2 nitrogen and oxygen atoms in total. The Labute approximate surface area is 86.6 Å². The van der Waals surface area contributed by atoms with Gasteiger partial charge in [0.15, 0.2) is 0 Å². The SMILES string of the molecule is COCCCCOC1=CCC(C)C=C1. The summed E-state index contributed by atoms with van der Waals surface area (Å²) in [6, 6.07) is 0. The van der Waals surface area contributed by atoms with Crippen molar-refractivity contribution in [3.8, 4) is 0 Å². The number of hydrogen-bond acceptors (Lipinski definition) is 2. The van der Waals surface area contributed by atoms with Gasteiger partial charge in [0.2, 0.25) is 0 Å². The zero-order valence-electron chi connectivity index (χ0n) is 9.16. The van der Waals surface area contributed by atoms with Crippen molar-refractivity contribution < 1.29 is 9.47 Å². The molecule has 1 aliphatic carbocycles. The average Bonchev–Trinajstić information content (AvgIpc) is 2.21. The molecule has 1 atom stereocenters. The van der Waals surface area contributed by atoms with Crippen molar-refractivity contribution in [3.05, 3.63) is 24.0 Å². The fourth-order valence-electron chi connectivity index (χ4n) is 1.35. The first-order chi connectivity index (χ1) is 6.83. The van der Waals surface area contributed by atoms with Crippen molar-refractivity contribution in [3.63, 3.8) is 0 Å². The highest BCUT2D eigenvalue weighted by Gasteiger charge is 2.03. The molecule has 0 N–H and O–H groups in total. The maximum atomic E-state index is 5.60. The van der Waals surface area contributed by atoms with E-state index in [4.69, 9.17) is 9.47 Å². The lowest BCUT2D eigenvalue weighted by atomic mass is 10.0. The first-order valence-electron chi connectivity index (χ1n) is 5.33. The van der Waals surface area contributed by atoms with E-state index in [1.165, 1.54) is 0 Å². The van der Waals surface area contributed by atoms with Gasteiger partial charge in [-0.3, -0.25) is 0 Å². The summed E-state index contributed by atoms with van der Waals surface area (Å²) in [5.41, 5.74) is 0. The van der Waals surface area contributed by atoms with E-state index in [-0.39, 0.29) is 0 Å². The van der Waals surface area contributed by atoms with E-state index in [1.807, 2.05) is 0 Å². The maximum absolute atomic E-state index is 5.60. The van der Waals surface area contributed by atoms with Crippen molar-refractivity contribution in [2.24, 2.45) is 5.92 Å². The molecule has 1 rings (SSSR count). The monoisotopic (exact) mass is 196 g/mol. The summed E-state index contributed by atoms with van der Waals surface area (Å²) in [5, 5.41) is 0. The first-order valence-corrected chi connectivity index (χ1v) is 5.33. The molecule has 0 bridgehead atoms. The van der Waals surface area contributed by atoms with E-state index in [1.54, 1.807) is 7.11 Å². The molecule has 0 saturated heterocycles. The molecule has 0 fully saturated rings. The van der Waals surface area contributed by atoms with Crippen molar-refractivity contribution in [1.29, 1.82) is 0 Å². The van der Waals surface area contributed by atoms with E-state index < -0.39 is 0 Å². The van der Waals surface area contributed by atoms with E-state index in [0.29, 0.717) is 5.92 Å². The second kappa shape index (κ2) is 6.66. The fourth-order valence-corrected chi connectivity index (χ4v) is 1.35. The van der Waals surface area contributed by atoms with Crippen LogP contribution >= 0.6 is 0 Å². The van der Waals surface area contributed by atoms with Crippen LogP contribution in [0.25, 0.3) is 0 Å². The standard InChI is InChI=1S/C12H20O2/c1-11-5-7-12(8-6-11)14-10-4-3-9-13-2/h5,7-8,11H,3-4,6,9-10H2,1-2H3. The molecule has 0 radical (unpaired) electrons. The summed E-state index contributed by atoms with van der Waals surface area (Å²) in [6.07, 6.45) is 9.68. The van der Waals surface area contributed by atoms with Crippen LogP contribution in [-0.2, 0) is 9.47 Å². The summed E-state index contributed by atoms with van der Waals surface area (Å²) in [5.74, 6) is 1.69. The Bertz CT molecular complexity index is 206. The van der Waals surface area contributed by atoms with Crippen LogP contribution < -0.4 is 0 Å². The van der Waals surface area contributed by atoms with Gasteiger partial charge in [0.25, 0.3) is 0 Å². The minimum atomic E-state index is 0.663. The van der Waals surface area contributed by atoms with Gasteiger partial charge in [-0.2, -0.15) is 0 Å². The topological polar surface area (TPSA) is 18.5 Å². The Morgan fingerprint density at radius 3 is 2.79 bits per heavy atom. The Kier molecular flexibility index (Phi) is 5.38. The van der Waals surface area contributed by atoms with Crippen molar-refractivity contribution in [2.75, 3.05) is 20.3 Å². The lowest BCUT2D eigenvalue weighted by molar-refractivity contribution is 0.168. The number of allylic oxidation sites excluding steroid dienone is 3. The Hall–Kier alpha value is -0.760. The summed E-state index contributed by atoms with van der Waals surface area (Å²) in [7, 11) is 1.73. The Balaban J connectivity index is 2.05. The predicted octanol–water partition coefficient (Wildman–Crippen LogP) is 2.91. The molecule has 0 amide bonds. The summed E-state index contributed by atoms with van der Waals surface area (Å²) in [4.78, 5) is 0. The number of unbranched alkanes of at least 4 members (excludes halogenated alkanes) is 1. The van der Waals surface area contributed by atoms with Crippen LogP contribution in [-0.4, -0.2) is 20.3 Å². The quantitative estimate of drug-likeness (QED) is 0.608. The summed E-state index contributed by atoms with van der Waals surface area (Å²) in [6.45, 7) is 3.84. The highest BCUT2D eigenvalue weighted by Crippen LogP contribution is 2.16. The predicted molar refractivity (Wildman–Crippen MR) is 58.1 cm³/mol. The van der Waals surface area contributed by atoms with Gasteiger partial charge in [-0.1, -0.05) is 13.0 Å². The highest BCUT2D eigenvalue weighted by atomic mass is 16.5. The molecular weight excluding hydrogens is 176 g/mol. The van der Waals surface area contributed by atoms with Crippen molar-refractivity contribution in [1.82, 2.24) is 0 Å². The third kappa shape index (κ3) is 4.47. The van der Waals surface area contributed by atoms with Crippen molar-refractivity contribution in [2.45, 2.75) is 26.2 Å². The molecule has 0 aliphatic heterocycles. The van der Waals surface area contributed by atoms with Crippen LogP contribution in [0.2, 0.25) is 0 Å². The van der Waals surface area contributed by atoms with E-state index in [9.17, 15) is 0 Å². The first kappa shape index (κ1) is 11.3. The van der Waals surface area contributed by atoms with E-state index in [0.717, 1.165) is 38.2 Å². The van der Waals surface area contributed by atoms with Crippen molar-refractivity contribution >= 4 is 0 Å². The normalized spacial score (nSPS) is 20.7. The molecule has 0 aromatic heterocycles. The van der Waals surface area contributed by atoms with Gasteiger partial charge in [-0.25, -0.2) is 0 Å². The second-order valence-electron chi connectivity index (χ2n) is 3.73. The van der Waals surface area contributed by atoms with Gasteiger partial charge in [0.05, 0.1) is 6.61 Å². The Morgan fingerprint density at radius 1 is 1.36 bits per heavy atom. The molecule has 0 spiro atoms. The van der Waals surface area contributed by atoms with Gasteiger partial charge in [-0.15, -0.1) is 0 Å². The zero-order valence-corrected chi connectivity index (χ0v) is 9.16. The molecule has 1 unspecified atom stereocenters. The average molecular weight is 196 g/mol. The van der Waals surface area contributed by atoms with Crippen LogP contribution in [0.5, 0.6) is 0 Å². The lowest BCUT2D eigenvalue weighted by Gasteiger charge is -2.12. The molecule has 1 aliphatic rings. The molecule has 0 heterocycles. The van der Waals surface area contributed by atoms with Crippen LogP contribution in [0.15, 0.2) is 24.0 Å². The molecule has 0 aromatic carbocycles. The zero-order chi connectivity index (χ0) is 10.2. The molecule has 14 heavy (non-hydrogen) atoms. The lowest BCUT2D eigenvalue weighted by Crippen LogP contribution is -2.00. The molecule has 80 valence electrons. The van der Waals surface area contributed by atoms with Crippen LogP contribution in [0.1, 0.15) is 26.2 Å². The number of methoxy groups -OCH3 is 1. The largest absolute Gasteiger partial charge is 0.494 e. The van der Waals surface area contributed by atoms with Crippen LogP contribution in [0.3, 0.4) is 0 Å². The summed E-state index contributed by atoms with van der Waals surface area (Å²) < 4.78 is 10.6. The molecule has 2 heteroatoms. The molecular formula is C12H20O2.